The van der Waals surface area contributed by atoms with E-state index >= 15 is 0 Å². The van der Waals surface area contributed by atoms with E-state index in [1.54, 1.807) is 7.11 Å². The van der Waals surface area contributed by atoms with Crippen LogP contribution in [0.25, 0.3) is 5.65 Å². The summed E-state index contributed by atoms with van der Waals surface area (Å²) in [6.45, 7) is 6.32. The molecule has 3 heterocycles. The summed E-state index contributed by atoms with van der Waals surface area (Å²) in [5.74, 6) is 0.660. The van der Waals surface area contributed by atoms with Crippen LogP contribution in [0.5, 0.6) is 5.75 Å². The van der Waals surface area contributed by atoms with Crippen LogP contribution in [0.4, 0.5) is 0 Å². The maximum Gasteiger partial charge on any atom is 0.180 e. The molecule has 4 atom stereocenters. The number of methoxy groups -OCH3 is 1. The van der Waals surface area contributed by atoms with Crippen molar-refractivity contribution in [3.05, 3.63) is 65.1 Å². The van der Waals surface area contributed by atoms with Crippen molar-refractivity contribution in [2.24, 2.45) is 0 Å². The summed E-state index contributed by atoms with van der Waals surface area (Å²) in [5, 5.41) is 11.1. The number of aryl methyl sites for hydroxylation is 2. The fourth-order valence-corrected chi connectivity index (χ4v) is 3.62. The molecule has 1 aliphatic heterocycles. The Labute approximate surface area is 164 Å². The molecule has 4 rings (SSSR count). The van der Waals surface area contributed by atoms with Gasteiger partial charge in [-0.1, -0.05) is 30.3 Å². The molecule has 0 bridgehead atoms. The molecule has 148 valence electrons. The highest BCUT2D eigenvalue weighted by Crippen LogP contribution is 2.45. The van der Waals surface area contributed by atoms with Gasteiger partial charge in [-0.05, 0) is 32.4 Å². The molecule has 3 aromatic rings. The number of ether oxygens (including phenoxy) is 3. The van der Waals surface area contributed by atoms with Crippen LogP contribution < -0.4 is 4.74 Å². The number of imidazole rings is 1. The van der Waals surface area contributed by atoms with Gasteiger partial charge >= 0.3 is 0 Å². The highest BCUT2D eigenvalue weighted by molar-refractivity contribution is 5.62. The van der Waals surface area contributed by atoms with Crippen molar-refractivity contribution in [3.63, 3.8) is 0 Å². The van der Waals surface area contributed by atoms with Crippen molar-refractivity contribution >= 4 is 5.65 Å². The second kappa shape index (κ2) is 7.54. The van der Waals surface area contributed by atoms with Crippen molar-refractivity contribution in [2.45, 2.75) is 45.2 Å². The van der Waals surface area contributed by atoms with Crippen LogP contribution in [0.1, 0.15) is 41.6 Å². The Balaban J connectivity index is 1.82. The quantitative estimate of drug-likeness (QED) is 0.731. The second-order valence-corrected chi connectivity index (χ2v) is 7.32. The number of hydrogen-bond acceptors (Lipinski definition) is 5. The topological polar surface area (TPSA) is 65.2 Å². The minimum atomic E-state index is -0.849. The molecule has 1 N–H and O–H groups in total. The zero-order valence-electron chi connectivity index (χ0n) is 16.6. The summed E-state index contributed by atoms with van der Waals surface area (Å²) in [7, 11) is 1.65. The van der Waals surface area contributed by atoms with Gasteiger partial charge in [0.15, 0.2) is 17.5 Å². The number of aliphatic hydroxyl groups excluding tert-OH is 1. The second-order valence-electron chi connectivity index (χ2n) is 7.32. The number of fused-ring (bicyclic) bond motifs is 3. The van der Waals surface area contributed by atoms with Gasteiger partial charge in [0.1, 0.15) is 12.2 Å². The summed E-state index contributed by atoms with van der Waals surface area (Å²) in [4.78, 5) is 4.70. The molecule has 6 heteroatoms. The largest absolute Gasteiger partial charge is 0.479 e. The number of rotatable bonds is 5. The number of nitrogens with zero attached hydrogens (tertiary/aromatic N) is 2. The molecule has 0 amide bonds. The monoisotopic (exact) mass is 382 g/mol. The summed E-state index contributed by atoms with van der Waals surface area (Å²) < 4.78 is 19.8. The van der Waals surface area contributed by atoms with E-state index in [9.17, 15) is 5.11 Å². The molecule has 0 fully saturated rings. The fraction of sp³-hybridized carbons (Fsp3) is 0.409. The van der Waals surface area contributed by atoms with Crippen molar-refractivity contribution < 1.29 is 19.3 Å². The van der Waals surface area contributed by atoms with Gasteiger partial charge in [0.2, 0.25) is 0 Å². The first-order chi connectivity index (χ1) is 13.5. The molecule has 0 aliphatic carbocycles. The number of aromatic nitrogens is 2. The van der Waals surface area contributed by atoms with Crippen molar-refractivity contribution in [3.8, 4) is 5.75 Å². The molecule has 28 heavy (non-hydrogen) atoms. The first-order valence-electron chi connectivity index (χ1n) is 9.53. The maximum absolute atomic E-state index is 11.1. The highest BCUT2D eigenvalue weighted by Gasteiger charge is 2.40. The predicted octanol–water partition coefficient (Wildman–Crippen LogP) is 3.54. The Bertz CT molecular complexity index is 970. The van der Waals surface area contributed by atoms with Crippen LogP contribution in [-0.2, 0) is 9.47 Å². The van der Waals surface area contributed by atoms with Gasteiger partial charge in [0.25, 0.3) is 0 Å². The van der Waals surface area contributed by atoms with Gasteiger partial charge < -0.3 is 23.7 Å². The number of aliphatic hydroxyl groups is 1. The Hall–Kier alpha value is -2.41. The Kier molecular flexibility index (Phi) is 5.10. The van der Waals surface area contributed by atoms with Gasteiger partial charge in [-0.3, -0.25) is 0 Å². The van der Waals surface area contributed by atoms with Gasteiger partial charge in [-0.25, -0.2) is 4.98 Å². The minimum Gasteiger partial charge on any atom is -0.479 e. The van der Waals surface area contributed by atoms with Crippen LogP contribution in [0.15, 0.2) is 42.6 Å². The van der Waals surface area contributed by atoms with E-state index in [4.69, 9.17) is 19.2 Å². The van der Waals surface area contributed by atoms with Gasteiger partial charge in [0.05, 0.1) is 18.4 Å². The zero-order chi connectivity index (χ0) is 19.8. The van der Waals surface area contributed by atoms with Gasteiger partial charge in [0, 0.05) is 24.6 Å². The fourth-order valence-electron chi connectivity index (χ4n) is 3.62. The van der Waals surface area contributed by atoms with Crippen molar-refractivity contribution in [2.75, 3.05) is 13.7 Å². The molecular formula is C22H26N2O4. The van der Waals surface area contributed by atoms with Crippen LogP contribution in [0, 0.1) is 13.8 Å². The number of pyridine rings is 1. The summed E-state index contributed by atoms with van der Waals surface area (Å²) >= 11 is 0. The third kappa shape index (κ3) is 3.17. The summed E-state index contributed by atoms with van der Waals surface area (Å²) in [5.41, 5.74) is 4.46. The maximum atomic E-state index is 11.1. The SMILES string of the molecule is COC(C)CO[C@@H]1c2ccn3c(C)c(C)nc3c2O[C@H](c2ccccc2)[C@@H]1O. The molecule has 1 aliphatic rings. The van der Waals surface area contributed by atoms with E-state index < -0.39 is 18.3 Å². The van der Waals surface area contributed by atoms with Crippen molar-refractivity contribution in [1.29, 1.82) is 0 Å². The van der Waals surface area contributed by atoms with E-state index in [-0.39, 0.29) is 6.10 Å². The average Bonchev–Trinajstić information content (AvgIpc) is 3.01. The lowest BCUT2D eigenvalue weighted by molar-refractivity contribution is -0.118. The molecule has 1 aromatic carbocycles. The number of benzene rings is 1. The van der Waals surface area contributed by atoms with Crippen molar-refractivity contribution in [1.82, 2.24) is 9.38 Å². The van der Waals surface area contributed by atoms with Crippen LogP contribution in [0.3, 0.4) is 0 Å². The smallest absolute Gasteiger partial charge is 0.180 e. The van der Waals surface area contributed by atoms with E-state index in [0.29, 0.717) is 12.4 Å². The Morgan fingerprint density at radius 2 is 1.96 bits per heavy atom. The number of hydrogen-bond donors (Lipinski definition) is 1. The Morgan fingerprint density at radius 1 is 1.21 bits per heavy atom. The molecule has 0 saturated heterocycles. The molecule has 1 unspecified atom stereocenters. The molecule has 0 saturated carbocycles. The van der Waals surface area contributed by atoms with Crippen LogP contribution in [-0.4, -0.2) is 40.4 Å². The summed E-state index contributed by atoms with van der Waals surface area (Å²) in [6, 6.07) is 11.7. The molecule has 2 aromatic heterocycles. The zero-order valence-corrected chi connectivity index (χ0v) is 16.6. The molecule has 0 radical (unpaired) electrons. The van der Waals surface area contributed by atoms with E-state index in [2.05, 4.69) is 0 Å². The minimum absolute atomic E-state index is 0.0756. The van der Waals surface area contributed by atoms with Crippen LogP contribution >= 0.6 is 0 Å². The third-order valence-electron chi connectivity index (χ3n) is 5.47. The first kappa shape index (κ1) is 18.9. The normalized spacial score (nSPS) is 22.7. The summed E-state index contributed by atoms with van der Waals surface area (Å²) in [6.07, 6.45) is -0.0424. The average molecular weight is 382 g/mol. The van der Waals surface area contributed by atoms with Gasteiger partial charge in [-0.2, -0.15) is 0 Å². The molecular weight excluding hydrogens is 356 g/mol. The lowest BCUT2D eigenvalue weighted by Crippen LogP contribution is -2.37. The molecule has 0 spiro atoms. The third-order valence-corrected chi connectivity index (χ3v) is 5.47. The van der Waals surface area contributed by atoms with Crippen LogP contribution in [0.2, 0.25) is 0 Å². The lowest BCUT2D eigenvalue weighted by Gasteiger charge is -2.37. The highest BCUT2D eigenvalue weighted by atomic mass is 16.6. The lowest BCUT2D eigenvalue weighted by atomic mass is 9.92. The van der Waals surface area contributed by atoms with E-state index in [1.807, 2.05) is 67.8 Å². The van der Waals surface area contributed by atoms with E-state index in [1.165, 1.54) is 0 Å². The van der Waals surface area contributed by atoms with E-state index in [0.717, 1.165) is 28.2 Å². The predicted molar refractivity (Wildman–Crippen MR) is 106 cm³/mol. The Morgan fingerprint density at radius 3 is 2.68 bits per heavy atom. The molecule has 6 nitrogen and oxygen atoms in total. The first-order valence-corrected chi connectivity index (χ1v) is 9.53. The standard InChI is InChI=1S/C22H26N2O4/c1-13(26-4)12-27-20-17-10-11-24-15(3)14(2)23-22(24)21(17)28-19(18(20)25)16-8-6-5-7-9-16/h5-11,13,18-20,25H,12H2,1-4H3/t13?,18-,19+,20+/m0/s1. The van der Waals surface area contributed by atoms with Gasteiger partial charge in [-0.15, -0.1) is 0 Å².